The van der Waals surface area contributed by atoms with Crippen molar-refractivity contribution in [3.05, 3.63) is 16.4 Å². The number of alkyl halides is 5. The van der Waals surface area contributed by atoms with Crippen LogP contribution in [0, 0.1) is 5.92 Å². The van der Waals surface area contributed by atoms with Gasteiger partial charge in [-0.1, -0.05) is 11.6 Å². The highest BCUT2D eigenvalue weighted by Crippen LogP contribution is 2.41. The summed E-state index contributed by atoms with van der Waals surface area (Å²) >= 11 is 5.42. The zero-order valence-electron chi connectivity index (χ0n) is 10.4. The topological polar surface area (TPSA) is 55.1 Å². The van der Waals surface area contributed by atoms with E-state index in [0.717, 1.165) is 0 Å². The van der Waals surface area contributed by atoms with Gasteiger partial charge in [-0.05, 0) is 12.3 Å². The molecule has 1 aromatic heterocycles. The summed E-state index contributed by atoms with van der Waals surface area (Å²) in [5.74, 6) is -5.21. The largest absolute Gasteiger partial charge is 0.476 e. The lowest BCUT2D eigenvalue weighted by Gasteiger charge is -2.12. The molecule has 10 heteroatoms. The van der Waals surface area contributed by atoms with Gasteiger partial charge in [-0.15, -0.1) is 0 Å². The Morgan fingerprint density at radius 3 is 2.52 bits per heavy atom. The van der Waals surface area contributed by atoms with E-state index in [0.29, 0.717) is 4.68 Å². The van der Waals surface area contributed by atoms with Gasteiger partial charge in [0.05, 0.1) is 0 Å². The lowest BCUT2D eigenvalue weighted by molar-refractivity contribution is -0.141. The minimum atomic E-state index is -4.91. The summed E-state index contributed by atoms with van der Waals surface area (Å²) < 4.78 is 64.7. The van der Waals surface area contributed by atoms with Gasteiger partial charge in [-0.3, -0.25) is 4.68 Å². The first kappa shape index (κ1) is 16.0. The Hall–Kier alpha value is -1.38. The van der Waals surface area contributed by atoms with Crippen molar-refractivity contribution in [1.82, 2.24) is 9.78 Å². The van der Waals surface area contributed by atoms with E-state index in [1.54, 1.807) is 0 Å². The zero-order valence-corrected chi connectivity index (χ0v) is 11.2. The van der Waals surface area contributed by atoms with Gasteiger partial charge >= 0.3 is 12.1 Å². The van der Waals surface area contributed by atoms with Gasteiger partial charge in [-0.2, -0.15) is 18.3 Å². The molecule has 1 N–H and O–H groups in total. The van der Waals surface area contributed by atoms with Gasteiger partial charge in [0.15, 0.2) is 11.4 Å². The molecule has 0 saturated heterocycles. The van der Waals surface area contributed by atoms with Crippen molar-refractivity contribution in [2.24, 2.45) is 5.92 Å². The molecule has 1 unspecified atom stereocenters. The van der Waals surface area contributed by atoms with Crippen LogP contribution in [0.5, 0.6) is 0 Å². The summed E-state index contributed by atoms with van der Waals surface area (Å²) in [6.07, 6.45) is -5.71. The SMILES string of the molecule is O=C(O)c1c(Cl)c(C(F)(F)F)nn1CC1CCC(F)(F)C1. The molecule has 4 nitrogen and oxygen atoms in total. The van der Waals surface area contributed by atoms with Crippen molar-refractivity contribution >= 4 is 17.6 Å². The lowest BCUT2D eigenvalue weighted by atomic mass is 10.1. The number of hydrogen-bond donors (Lipinski definition) is 1. The van der Waals surface area contributed by atoms with Crippen LogP contribution < -0.4 is 0 Å². The number of aromatic carboxylic acids is 1. The molecule has 1 aliphatic rings. The molecular formula is C11H10ClF5N2O2. The number of carboxylic acids is 1. The zero-order chi connectivity index (χ0) is 16.0. The van der Waals surface area contributed by atoms with Crippen LogP contribution >= 0.6 is 11.6 Å². The second-order valence-electron chi connectivity index (χ2n) is 4.96. The van der Waals surface area contributed by atoms with Gasteiger partial charge in [0.25, 0.3) is 0 Å². The standard InChI is InChI=1S/C11H10ClF5N2O2/c12-6-7(9(20)21)19(18-8(6)11(15,16)17)4-5-1-2-10(13,14)3-5/h5H,1-4H2,(H,20,21). The molecule has 1 fully saturated rings. The highest BCUT2D eigenvalue weighted by molar-refractivity contribution is 6.34. The number of aromatic nitrogens is 2. The maximum absolute atomic E-state index is 13.1. The molecular weight excluding hydrogens is 323 g/mol. The number of carboxylic acid groups (broad SMARTS) is 1. The fourth-order valence-electron chi connectivity index (χ4n) is 2.40. The summed E-state index contributed by atoms with van der Waals surface area (Å²) in [6, 6.07) is 0. The first-order valence-corrected chi connectivity index (χ1v) is 6.33. The molecule has 0 bridgehead atoms. The quantitative estimate of drug-likeness (QED) is 0.859. The molecule has 1 aliphatic carbocycles. The molecule has 0 spiro atoms. The smallest absolute Gasteiger partial charge is 0.436 e. The molecule has 0 aliphatic heterocycles. The van der Waals surface area contributed by atoms with Crippen molar-refractivity contribution in [2.45, 2.75) is 37.9 Å². The Morgan fingerprint density at radius 1 is 1.48 bits per heavy atom. The van der Waals surface area contributed by atoms with Crippen LogP contribution in [-0.2, 0) is 12.7 Å². The second kappa shape index (κ2) is 5.11. The van der Waals surface area contributed by atoms with E-state index in [-0.39, 0.29) is 19.4 Å². The number of rotatable bonds is 3. The monoisotopic (exact) mass is 332 g/mol. The van der Waals surface area contributed by atoms with Crippen molar-refractivity contribution < 1.29 is 31.9 Å². The van der Waals surface area contributed by atoms with Crippen molar-refractivity contribution in [3.8, 4) is 0 Å². The van der Waals surface area contributed by atoms with E-state index in [1.807, 2.05) is 0 Å². The Morgan fingerprint density at radius 2 is 2.10 bits per heavy atom. The second-order valence-corrected chi connectivity index (χ2v) is 5.34. The summed E-state index contributed by atoms with van der Waals surface area (Å²) in [5, 5.41) is 11.1. The molecule has 21 heavy (non-hydrogen) atoms. The molecule has 2 rings (SSSR count). The third kappa shape index (κ3) is 3.28. The van der Waals surface area contributed by atoms with E-state index in [4.69, 9.17) is 16.7 Å². The number of halogens is 6. The lowest BCUT2D eigenvalue weighted by Crippen LogP contribution is -2.17. The van der Waals surface area contributed by atoms with Crippen LogP contribution in [0.15, 0.2) is 0 Å². The van der Waals surface area contributed by atoms with Crippen molar-refractivity contribution in [1.29, 1.82) is 0 Å². The molecule has 0 amide bonds. The highest BCUT2D eigenvalue weighted by atomic mass is 35.5. The van der Waals surface area contributed by atoms with E-state index in [1.165, 1.54) is 0 Å². The van der Waals surface area contributed by atoms with Crippen LogP contribution in [0.2, 0.25) is 5.02 Å². The average Bonchev–Trinajstić information content (AvgIpc) is 2.79. The molecule has 1 heterocycles. The Kier molecular flexibility index (Phi) is 3.90. The number of nitrogens with zero attached hydrogens (tertiary/aromatic N) is 2. The van der Waals surface area contributed by atoms with Crippen molar-refractivity contribution in [2.75, 3.05) is 0 Å². The van der Waals surface area contributed by atoms with Crippen LogP contribution in [0.4, 0.5) is 22.0 Å². The summed E-state index contributed by atoms with van der Waals surface area (Å²) in [5.41, 5.74) is -2.36. The Bertz CT molecular complexity index is 570. The fraction of sp³-hybridized carbons (Fsp3) is 0.636. The van der Waals surface area contributed by atoms with E-state index in [2.05, 4.69) is 5.10 Å². The minimum absolute atomic E-state index is 0.0882. The summed E-state index contributed by atoms with van der Waals surface area (Å²) in [4.78, 5) is 11.0. The molecule has 1 saturated carbocycles. The van der Waals surface area contributed by atoms with Gasteiger partial charge in [0, 0.05) is 19.4 Å². The number of hydrogen-bond acceptors (Lipinski definition) is 2. The average molecular weight is 333 g/mol. The highest BCUT2D eigenvalue weighted by Gasteiger charge is 2.43. The first-order chi connectivity index (χ1) is 9.51. The molecule has 0 aromatic carbocycles. The molecule has 1 aromatic rings. The van der Waals surface area contributed by atoms with Gasteiger partial charge in [0.1, 0.15) is 5.02 Å². The summed E-state index contributed by atoms with van der Waals surface area (Å²) in [6.45, 7) is -0.340. The van der Waals surface area contributed by atoms with E-state index < -0.39 is 46.8 Å². The predicted molar refractivity (Wildman–Crippen MR) is 61.5 cm³/mol. The maximum atomic E-state index is 13.1. The fourth-order valence-corrected chi connectivity index (χ4v) is 2.72. The maximum Gasteiger partial charge on any atom is 0.436 e. The normalized spacial score (nSPS) is 21.7. The molecule has 118 valence electrons. The Labute approximate surface area is 120 Å². The van der Waals surface area contributed by atoms with Crippen LogP contribution in [0.25, 0.3) is 0 Å². The van der Waals surface area contributed by atoms with Gasteiger partial charge in [0.2, 0.25) is 5.92 Å². The van der Waals surface area contributed by atoms with Crippen LogP contribution in [0.3, 0.4) is 0 Å². The van der Waals surface area contributed by atoms with Gasteiger partial charge < -0.3 is 5.11 Å². The van der Waals surface area contributed by atoms with Gasteiger partial charge in [-0.25, -0.2) is 13.6 Å². The number of carbonyl (C=O) groups is 1. The first-order valence-electron chi connectivity index (χ1n) is 5.96. The van der Waals surface area contributed by atoms with Crippen LogP contribution in [0.1, 0.15) is 35.4 Å². The molecule has 1 atom stereocenters. The third-order valence-corrected chi connectivity index (χ3v) is 3.66. The Balaban J connectivity index is 2.33. The van der Waals surface area contributed by atoms with Crippen molar-refractivity contribution in [3.63, 3.8) is 0 Å². The van der Waals surface area contributed by atoms with E-state index >= 15 is 0 Å². The summed E-state index contributed by atoms with van der Waals surface area (Å²) in [7, 11) is 0. The predicted octanol–water partition coefficient (Wildman–Crippen LogP) is 3.69. The minimum Gasteiger partial charge on any atom is -0.476 e. The van der Waals surface area contributed by atoms with Crippen LogP contribution in [-0.4, -0.2) is 26.8 Å². The molecule has 0 radical (unpaired) electrons. The third-order valence-electron chi connectivity index (χ3n) is 3.30. The van der Waals surface area contributed by atoms with E-state index in [9.17, 15) is 26.7 Å².